The van der Waals surface area contributed by atoms with Crippen molar-refractivity contribution in [2.45, 2.75) is 45.8 Å². The van der Waals surface area contributed by atoms with Crippen LogP contribution in [0.2, 0.25) is 0 Å². The minimum atomic E-state index is -3.82. The van der Waals surface area contributed by atoms with Crippen LogP contribution in [0.25, 0.3) is 0 Å². The number of ether oxygens (including phenoxy) is 1. The van der Waals surface area contributed by atoms with Gasteiger partial charge in [0.05, 0.1) is 19.1 Å². The number of benzene rings is 3. The van der Waals surface area contributed by atoms with Crippen molar-refractivity contribution in [3.05, 3.63) is 95.6 Å². The molecule has 1 N–H and O–H groups in total. The molecule has 0 aliphatic carbocycles. The Morgan fingerprint density at radius 2 is 1.51 bits per heavy atom. The van der Waals surface area contributed by atoms with Gasteiger partial charge in [-0.25, -0.2) is 8.42 Å². The number of sulfonamides is 1. The zero-order valence-corrected chi connectivity index (χ0v) is 23.9. The normalized spacial score (nSPS) is 12.1. The molecule has 9 heteroatoms. The first kappa shape index (κ1) is 29.7. The van der Waals surface area contributed by atoms with Crippen molar-refractivity contribution >= 4 is 27.5 Å². The third-order valence-electron chi connectivity index (χ3n) is 6.22. The second-order valence-electron chi connectivity index (χ2n) is 9.84. The molecule has 2 amide bonds. The molecule has 0 bridgehead atoms. The van der Waals surface area contributed by atoms with E-state index >= 15 is 0 Å². The zero-order chi connectivity index (χ0) is 28.6. The molecule has 3 aromatic rings. The molecule has 0 fully saturated rings. The third kappa shape index (κ3) is 8.58. The molecule has 0 saturated carbocycles. The standard InChI is InChI=1S/C30H37N3O5S/c1-22(2)31-30(35)28(19-24-9-7-6-8-10-24)32(20-25-13-11-23(3)12-14-25)29(34)21-33(39(5,36)37)26-15-17-27(38-4)18-16-26/h6-18,22,28H,19-21H2,1-5H3,(H,31,35). The zero-order valence-electron chi connectivity index (χ0n) is 23.1. The first-order chi connectivity index (χ1) is 18.5. The van der Waals surface area contributed by atoms with E-state index in [1.54, 1.807) is 24.3 Å². The van der Waals surface area contributed by atoms with Crippen LogP contribution >= 0.6 is 0 Å². The number of nitrogens with one attached hydrogen (secondary N) is 1. The van der Waals surface area contributed by atoms with Crippen molar-refractivity contribution in [2.75, 3.05) is 24.2 Å². The Morgan fingerprint density at radius 1 is 0.897 bits per heavy atom. The quantitative estimate of drug-likeness (QED) is 0.368. The average molecular weight is 552 g/mol. The molecule has 8 nitrogen and oxygen atoms in total. The Hall–Kier alpha value is -3.85. The summed E-state index contributed by atoms with van der Waals surface area (Å²) in [4.78, 5) is 29.0. The number of hydrogen-bond acceptors (Lipinski definition) is 5. The van der Waals surface area contributed by atoms with E-state index in [0.717, 1.165) is 27.3 Å². The predicted molar refractivity (Wildman–Crippen MR) is 154 cm³/mol. The van der Waals surface area contributed by atoms with E-state index in [9.17, 15) is 18.0 Å². The monoisotopic (exact) mass is 551 g/mol. The van der Waals surface area contributed by atoms with E-state index in [2.05, 4.69) is 5.32 Å². The molecule has 208 valence electrons. The Balaban J connectivity index is 2.03. The van der Waals surface area contributed by atoms with Gasteiger partial charge in [0.25, 0.3) is 0 Å². The van der Waals surface area contributed by atoms with Gasteiger partial charge in [-0.05, 0) is 56.2 Å². The number of anilines is 1. The summed E-state index contributed by atoms with van der Waals surface area (Å²) in [6.45, 7) is 5.37. The maximum Gasteiger partial charge on any atom is 0.244 e. The van der Waals surface area contributed by atoms with Gasteiger partial charge >= 0.3 is 0 Å². The summed E-state index contributed by atoms with van der Waals surface area (Å²) in [5.41, 5.74) is 3.11. The average Bonchev–Trinajstić information content (AvgIpc) is 2.90. The van der Waals surface area contributed by atoms with E-state index < -0.39 is 28.5 Å². The highest BCUT2D eigenvalue weighted by Crippen LogP contribution is 2.23. The van der Waals surface area contributed by atoms with Crippen LogP contribution in [0.1, 0.15) is 30.5 Å². The van der Waals surface area contributed by atoms with Crippen molar-refractivity contribution in [1.82, 2.24) is 10.2 Å². The number of carbonyl (C=O) groups is 2. The molecule has 0 aliphatic rings. The van der Waals surface area contributed by atoms with Crippen LogP contribution in [-0.4, -0.2) is 57.1 Å². The maximum atomic E-state index is 14.0. The Labute approximate surface area is 231 Å². The Kier molecular flexibility index (Phi) is 10.1. The van der Waals surface area contributed by atoms with E-state index in [4.69, 9.17) is 4.74 Å². The van der Waals surface area contributed by atoms with Crippen molar-refractivity contribution in [3.8, 4) is 5.75 Å². The van der Waals surface area contributed by atoms with Crippen molar-refractivity contribution in [1.29, 1.82) is 0 Å². The first-order valence-corrected chi connectivity index (χ1v) is 14.6. The molecule has 0 radical (unpaired) electrons. The third-order valence-corrected chi connectivity index (χ3v) is 7.36. The van der Waals surface area contributed by atoms with Gasteiger partial charge in [0.1, 0.15) is 18.3 Å². The highest BCUT2D eigenvalue weighted by atomic mass is 32.2. The van der Waals surface area contributed by atoms with E-state index in [0.29, 0.717) is 11.4 Å². The van der Waals surface area contributed by atoms with E-state index in [-0.39, 0.29) is 24.9 Å². The lowest BCUT2D eigenvalue weighted by Gasteiger charge is -2.34. The molecule has 0 saturated heterocycles. The largest absolute Gasteiger partial charge is 0.497 e. The van der Waals surface area contributed by atoms with Crippen LogP contribution in [-0.2, 0) is 32.6 Å². The van der Waals surface area contributed by atoms with Gasteiger partial charge in [0.2, 0.25) is 21.8 Å². The molecule has 3 rings (SSSR count). The van der Waals surface area contributed by atoms with E-state index in [1.807, 2.05) is 75.4 Å². The molecule has 1 atom stereocenters. The molecule has 1 unspecified atom stereocenters. The highest BCUT2D eigenvalue weighted by Gasteiger charge is 2.33. The van der Waals surface area contributed by atoms with Gasteiger partial charge < -0.3 is 15.0 Å². The van der Waals surface area contributed by atoms with Gasteiger partial charge in [-0.3, -0.25) is 13.9 Å². The molecule has 0 aliphatic heterocycles. The number of amides is 2. The SMILES string of the molecule is COc1ccc(N(CC(=O)N(Cc2ccc(C)cc2)C(Cc2ccccc2)C(=O)NC(C)C)S(C)(=O)=O)cc1. The van der Waals surface area contributed by atoms with Gasteiger partial charge in [-0.2, -0.15) is 0 Å². The lowest BCUT2D eigenvalue weighted by molar-refractivity contribution is -0.140. The Morgan fingerprint density at radius 3 is 2.05 bits per heavy atom. The maximum absolute atomic E-state index is 14.0. The molecular formula is C30H37N3O5S. The number of rotatable bonds is 12. The summed E-state index contributed by atoms with van der Waals surface area (Å²) >= 11 is 0. The fourth-order valence-electron chi connectivity index (χ4n) is 4.19. The highest BCUT2D eigenvalue weighted by molar-refractivity contribution is 7.92. The number of methoxy groups -OCH3 is 1. The van der Waals surface area contributed by atoms with Gasteiger partial charge in [0.15, 0.2) is 0 Å². The summed E-state index contributed by atoms with van der Waals surface area (Å²) in [7, 11) is -2.31. The lowest BCUT2D eigenvalue weighted by atomic mass is 10.0. The smallest absolute Gasteiger partial charge is 0.244 e. The van der Waals surface area contributed by atoms with Gasteiger partial charge in [-0.15, -0.1) is 0 Å². The van der Waals surface area contributed by atoms with E-state index in [1.165, 1.54) is 12.0 Å². The topological polar surface area (TPSA) is 96.0 Å². The summed E-state index contributed by atoms with van der Waals surface area (Å²) < 4.78 is 31.9. The second-order valence-corrected chi connectivity index (χ2v) is 11.8. The molecule has 0 heterocycles. The molecule has 3 aromatic carbocycles. The molecular weight excluding hydrogens is 514 g/mol. The summed E-state index contributed by atoms with van der Waals surface area (Å²) in [6, 6.07) is 22.6. The molecule has 0 aromatic heterocycles. The van der Waals surface area contributed by atoms with Crippen molar-refractivity contribution < 1.29 is 22.7 Å². The van der Waals surface area contributed by atoms with Crippen LogP contribution in [0.3, 0.4) is 0 Å². The number of hydrogen-bond donors (Lipinski definition) is 1. The second kappa shape index (κ2) is 13.3. The van der Waals surface area contributed by atoms with Gasteiger partial charge in [-0.1, -0.05) is 60.2 Å². The first-order valence-electron chi connectivity index (χ1n) is 12.8. The number of nitrogens with zero attached hydrogens (tertiary/aromatic N) is 2. The summed E-state index contributed by atoms with van der Waals surface area (Å²) in [5, 5.41) is 2.94. The fourth-order valence-corrected chi connectivity index (χ4v) is 5.04. The van der Waals surface area contributed by atoms with Crippen LogP contribution in [0, 0.1) is 6.92 Å². The van der Waals surface area contributed by atoms with Gasteiger partial charge in [0, 0.05) is 19.0 Å². The van der Waals surface area contributed by atoms with Crippen molar-refractivity contribution in [2.24, 2.45) is 0 Å². The summed E-state index contributed by atoms with van der Waals surface area (Å²) in [5.74, 6) is -0.228. The molecule has 39 heavy (non-hydrogen) atoms. The van der Waals surface area contributed by atoms with Crippen LogP contribution in [0.4, 0.5) is 5.69 Å². The molecule has 0 spiro atoms. The minimum absolute atomic E-state index is 0.140. The fraction of sp³-hybridized carbons (Fsp3) is 0.333. The Bertz CT molecular complexity index is 1340. The summed E-state index contributed by atoms with van der Waals surface area (Å²) in [6.07, 6.45) is 1.33. The number of aryl methyl sites for hydroxylation is 1. The number of carbonyl (C=O) groups excluding carboxylic acids is 2. The minimum Gasteiger partial charge on any atom is -0.497 e. The predicted octanol–water partition coefficient (Wildman–Crippen LogP) is 3.93. The van der Waals surface area contributed by atoms with Crippen LogP contribution in [0.15, 0.2) is 78.9 Å². The van der Waals surface area contributed by atoms with Crippen LogP contribution in [0.5, 0.6) is 5.75 Å². The lowest BCUT2D eigenvalue weighted by Crippen LogP contribution is -2.54. The van der Waals surface area contributed by atoms with Crippen LogP contribution < -0.4 is 14.4 Å². The van der Waals surface area contributed by atoms with Crippen molar-refractivity contribution in [3.63, 3.8) is 0 Å².